The van der Waals surface area contributed by atoms with Crippen LogP contribution in [0.4, 0.5) is 5.69 Å². The van der Waals surface area contributed by atoms with Crippen LogP contribution >= 0.6 is 11.8 Å². The number of thioether (sulfide) groups is 1. The lowest BCUT2D eigenvalue weighted by Gasteiger charge is -2.08. The number of benzene rings is 1. The molecule has 0 fully saturated rings. The largest absolute Gasteiger partial charge is 0.384 e. The first-order valence-electron chi connectivity index (χ1n) is 6.29. The summed E-state index contributed by atoms with van der Waals surface area (Å²) in [6, 6.07) is 5.26. The van der Waals surface area contributed by atoms with Gasteiger partial charge in [-0.25, -0.2) is 0 Å². The molecule has 0 aliphatic rings. The molecular formula is C13H17N3O2S. The lowest BCUT2D eigenvalue weighted by atomic mass is 10.1. The summed E-state index contributed by atoms with van der Waals surface area (Å²) in [5.41, 5.74) is 0.159. The highest BCUT2D eigenvalue weighted by molar-refractivity contribution is 7.99. The second-order valence-electron chi connectivity index (χ2n) is 4.11. The van der Waals surface area contributed by atoms with Crippen molar-refractivity contribution in [2.75, 3.05) is 23.4 Å². The number of H-pyrrole nitrogens is 2. The van der Waals surface area contributed by atoms with Gasteiger partial charge in [0.25, 0.3) is 11.1 Å². The van der Waals surface area contributed by atoms with Crippen molar-refractivity contribution in [2.24, 2.45) is 0 Å². The van der Waals surface area contributed by atoms with Crippen LogP contribution in [0.15, 0.2) is 27.8 Å². The summed E-state index contributed by atoms with van der Waals surface area (Å²) in [4.78, 5) is 23.5. The van der Waals surface area contributed by atoms with Crippen LogP contribution in [0, 0.1) is 0 Å². The summed E-state index contributed by atoms with van der Waals surface area (Å²) in [5.74, 6) is 2.20. The Morgan fingerprint density at radius 3 is 2.79 bits per heavy atom. The zero-order valence-electron chi connectivity index (χ0n) is 10.8. The second kappa shape index (κ2) is 6.47. The van der Waals surface area contributed by atoms with Gasteiger partial charge in [0.05, 0.1) is 10.8 Å². The second-order valence-corrected chi connectivity index (χ2v) is 5.51. The van der Waals surface area contributed by atoms with Gasteiger partial charge in [-0.05, 0) is 30.1 Å². The van der Waals surface area contributed by atoms with Crippen molar-refractivity contribution in [3.05, 3.63) is 38.9 Å². The molecule has 0 unspecified atom stereocenters. The monoisotopic (exact) mass is 279 g/mol. The molecule has 3 N–H and O–H groups in total. The van der Waals surface area contributed by atoms with E-state index in [1.165, 1.54) is 0 Å². The normalized spacial score (nSPS) is 10.8. The number of fused-ring (bicyclic) bond motifs is 1. The van der Waals surface area contributed by atoms with Crippen LogP contribution < -0.4 is 16.4 Å². The minimum absolute atomic E-state index is 0.277. The smallest absolute Gasteiger partial charge is 0.272 e. The molecule has 102 valence electrons. The summed E-state index contributed by atoms with van der Waals surface area (Å²) in [7, 11) is 0. The van der Waals surface area contributed by atoms with E-state index in [1.54, 1.807) is 12.1 Å². The first-order chi connectivity index (χ1) is 9.24. The molecule has 0 spiro atoms. The third-order valence-electron chi connectivity index (χ3n) is 2.81. The highest BCUT2D eigenvalue weighted by Crippen LogP contribution is 2.16. The predicted molar refractivity (Wildman–Crippen MR) is 81.3 cm³/mol. The minimum Gasteiger partial charge on any atom is -0.384 e. The van der Waals surface area contributed by atoms with Crippen LogP contribution in [-0.2, 0) is 0 Å². The standard InChI is InChI=1S/C13H17N3O2S/c1-2-19-8-4-7-14-10-6-3-5-9-11(10)13(18)16-15-12(9)17/h3,5-6,14H,2,4,7-8H2,1H3,(H,15,17)(H,16,18). The number of anilines is 1. The number of nitrogens with one attached hydrogen (secondary N) is 3. The number of aromatic amines is 2. The minimum atomic E-state index is -0.278. The Morgan fingerprint density at radius 2 is 2.00 bits per heavy atom. The Balaban J connectivity index is 2.22. The Hall–Kier alpha value is -1.69. The van der Waals surface area contributed by atoms with Crippen LogP contribution in [0.25, 0.3) is 10.8 Å². The van der Waals surface area contributed by atoms with Gasteiger partial charge in [-0.15, -0.1) is 0 Å². The number of aromatic nitrogens is 2. The van der Waals surface area contributed by atoms with Gasteiger partial charge < -0.3 is 5.32 Å². The van der Waals surface area contributed by atoms with E-state index in [2.05, 4.69) is 22.4 Å². The zero-order chi connectivity index (χ0) is 13.7. The highest BCUT2D eigenvalue weighted by Gasteiger charge is 2.07. The molecule has 0 aliphatic heterocycles. The van der Waals surface area contributed by atoms with Gasteiger partial charge in [-0.2, -0.15) is 11.8 Å². The quantitative estimate of drug-likeness (QED) is 0.704. The number of rotatable bonds is 6. The maximum absolute atomic E-state index is 11.8. The van der Waals surface area contributed by atoms with Crippen molar-refractivity contribution in [1.29, 1.82) is 0 Å². The Kier molecular flexibility index (Phi) is 4.68. The van der Waals surface area contributed by atoms with Crippen molar-refractivity contribution in [3.63, 3.8) is 0 Å². The molecule has 0 saturated heterocycles. The summed E-state index contributed by atoms with van der Waals surface area (Å²) >= 11 is 1.89. The van der Waals surface area contributed by atoms with E-state index in [-0.39, 0.29) is 11.1 Å². The summed E-state index contributed by atoms with van der Waals surface area (Å²) < 4.78 is 0. The van der Waals surface area contributed by atoms with Crippen LogP contribution in [-0.4, -0.2) is 28.2 Å². The fourth-order valence-electron chi connectivity index (χ4n) is 1.92. The average molecular weight is 279 g/mol. The Morgan fingerprint density at radius 1 is 1.21 bits per heavy atom. The predicted octanol–water partition coefficient (Wildman–Crippen LogP) is 1.77. The van der Waals surface area contributed by atoms with Gasteiger partial charge in [0.2, 0.25) is 0 Å². The molecule has 0 atom stereocenters. The SMILES string of the molecule is CCSCCCNc1cccc2c(=O)[nH][nH]c(=O)c12. The van der Waals surface area contributed by atoms with Gasteiger partial charge in [0.1, 0.15) is 0 Å². The maximum Gasteiger partial charge on any atom is 0.272 e. The summed E-state index contributed by atoms with van der Waals surface area (Å²) in [6.45, 7) is 2.92. The molecule has 1 heterocycles. The van der Waals surface area contributed by atoms with Gasteiger partial charge in [-0.3, -0.25) is 19.8 Å². The van der Waals surface area contributed by atoms with Gasteiger partial charge >= 0.3 is 0 Å². The first kappa shape index (κ1) is 13.7. The van der Waals surface area contributed by atoms with E-state index in [9.17, 15) is 9.59 Å². The topological polar surface area (TPSA) is 77.8 Å². The van der Waals surface area contributed by atoms with E-state index < -0.39 is 0 Å². The summed E-state index contributed by atoms with van der Waals surface area (Å²) in [6.07, 6.45) is 1.02. The zero-order valence-corrected chi connectivity index (χ0v) is 11.6. The molecule has 0 radical (unpaired) electrons. The van der Waals surface area contributed by atoms with E-state index in [4.69, 9.17) is 0 Å². The van der Waals surface area contributed by atoms with Crippen LogP contribution in [0.1, 0.15) is 13.3 Å². The van der Waals surface area contributed by atoms with Crippen molar-refractivity contribution < 1.29 is 0 Å². The molecule has 0 saturated carbocycles. The van der Waals surface area contributed by atoms with Gasteiger partial charge in [-0.1, -0.05) is 13.0 Å². The maximum atomic E-state index is 11.8. The van der Waals surface area contributed by atoms with E-state index in [0.717, 1.165) is 24.5 Å². The Labute approximate surface area is 114 Å². The van der Waals surface area contributed by atoms with E-state index in [1.807, 2.05) is 17.8 Å². The molecule has 5 nitrogen and oxygen atoms in total. The van der Waals surface area contributed by atoms with Crippen molar-refractivity contribution >= 4 is 28.2 Å². The molecular weight excluding hydrogens is 262 g/mol. The molecule has 19 heavy (non-hydrogen) atoms. The molecule has 0 bridgehead atoms. The first-order valence-corrected chi connectivity index (χ1v) is 7.44. The molecule has 0 aliphatic carbocycles. The van der Waals surface area contributed by atoms with Gasteiger partial charge in [0, 0.05) is 12.2 Å². The third-order valence-corrected chi connectivity index (χ3v) is 3.80. The third kappa shape index (κ3) is 3.20. The van der Waals surface area contributed by atoms with Crippen molar-refractivity contribution in [3.8, 4) is 0 Å². The average Bonchev–Trinajstić information content (AvgIpc) is 2.43. The Bertz CT molecular complexity index is 663. The van der Waals surface area contributed by atoms with Gasteiger partial charge in [0.15, 0.2) is 0 Å². The van der Waals surface area contributed by atoms with E-state index in [0.29, 0.717) is 16.5 Å². The molecule has 0 amide bonds. The summed E-state index contributed by atoms with van der Waals surface area (Å²) in [5, 5.41) is 8.75. The molecule has 2 rings (SSSR count). The molecule has 1 aromatic heterocycles. The molecule has 6 heteroatoms. The molecule has 1 aromatic carbocycles. The van der Waals surface area contributed by atoms with E-state index >= 15 is 0 Å². The fourth-order valence-corrected chi connectivity index (χ4v) is 2.56. The lowest BCUT2D eigenvalue weighted by Crippen LogP contribution is -2.20. The van der Waals surface area contributed by atoms with Crippen molar-refractivity contribution in [1.82, 2.24) is 10.2 Å². The fraction of sp³-hybridized carbons (Fsp3) is 0.385. The lowest BCUT2D eigenvalue weighted by molar-refractivity contribution is 0.971. The van der Waals surface area contributed by atoms with Crippen LogP contribution in [0.3, 0.4) is 0 Å². The highest BCUT2D eigenvalue weighted by atomic mass is 32.2. The van der Waals surface area contributed by atoms with Crippen LogP contribution in [0.2, 0.25) is 0 Å². The van der Waals surface area contributed by atoms with Crippen molar-refractivity contribution in [2.45, 2.75) is 13.3 Å². The van der Waals surface area contributed by atoms with Crippen LogP contribution in [0.5, 0.6) is 0 Å². The number of hydrogen-bond donors (Lipinski definition) is 3. The molecule has 2 aromatic rings. The number of hydrogen-bond acceptors (Lipinski definition) is 4.